The van der Waals surface area contributed by atoms with Crippen LogP contribution >= 0.6 is 11.8 Å². The maximum Gasteiger partial charge on any atom is 0.226 e. The Bertz CT molecular complexity index is 472. The summed E-state index contributed by atoms with van der Waals surface area (Å²) in [5, 5.41) is 3.73. The number of carbonyl (C=O) groups is 1. The third-order valence-electron chi connectivity index (χ3n) is 3.01. The molecule has 0 bridgehead atoms. The molecule has 0 aromatic carbocycles. The fourth-order valence-corrected chi connectivity index (χ4v) is 2.43. The van der Waals surface area contributed by atoms with Gasteiger partial charge in [-0.25, -0.2) is 9.97 Å². The lowest BCUT2D eigenvalue weighted by molar-refractivity contribution is -0.126. The maximum absolute atomic E-state index is 11.8. The van der Waals surface area contributed by atoms with E-state index >= 15 is 0 Å². The minimum Gasteiger partial charge on any atom is -0.355 e. The van der Waals surface area contributed by atoms with E-state index in [0.29, 0.717) is 0 Å². The van der Waals surface area contributed by atoms with E-state index < -0.39 is 0 Å². The van der Waals surface area contributed by atoms with Crippen LogP contribution in [0.5, 0.6) is 0 Å². The molecule has 2 rings (SSSR count). The first-order valence-electron chi connectivity index (χ1n) is 6.44. The van der Waals surface area contributed by atoms with E-state index in [9.17, 15) is 4.79 Å². The van der Waals surface area contributed by atoms with Gasteiger partial charge in [0.25, 0.3) is 0 Å². The summed E-state index contributed by atoms with van der Waals surface area (Å²) in [5.41, 5.74) is 0.962. The molecule has 5 nitrogen and oxygen atoms in total. The Balaban J connectivity index is 1.96. The Kier molecular flexibility index (Phi) is 4.29. The lowest BCUT2D eigenvalue weighted by atomic mass is 9.99. The van der Waals surface area contributed by atoms with Crippen LogP contribution in [-0.4, -0.2) is 41.3 Å². The average Bonchev–Trinajstić information content (AvgIpc) is 2.25. The Labute approximate surface area is 118 Å². The number of aromatic nitrogens is 2. The molecule has 1 saturated heterocycles. The molecular formula is C13H20N4OS. The molecule has 1 amide bonds. The first-order chi connectivity index (χ1) is 8.99. The number of hydrogen-bond acceptors (Lipinski definition) is 5. The summed E-state index contributed by atoms with van der Waals surface area (Å²) < 4.78 is 0. The Morgan fingerprint density at radius 2 is 2.16 bits per heavy atom. The van der Waals surface area contributed by atoms with E-state index in [1.54, 1.807) is 0 Å². The van der Waals surface area contributed by atoms with Crippen LogP contribution in [0.25, 0.3) is 0 Å². The molecule has 0 atom stereocenters. The Morgan fingerprint density at radius 3 is 2.74 bits per heavy atom. The van der Waals surface area contributed by atoms with E-state index in [4.69, 9.17) is 0 Å². The lowest BCUT2D eigenvalue weighted by Gasteiger charge is -2.39. The zero-order chi connectivity index (χ0) is 14.0. The third kappa shape index (κ3) is 3.37. The van der Waals surface area contributed by atoms with Gasteiger partial charge in [-0.15, -0.1) is 0 Å². The molecule has 1 aromatic heterocycles. The van der Waals surface area contributed by atoms with Crippen molar-refractivity contribution in [2.24, 2.45) is 5.92 Å². The van der Waals surface area contributed by atoms with Gasteiger partial charge in [-0.05, 0) is 27.0 Å². The fraction of sp³-hybridized carbons (Fsp3) is 0.615. The van der Waals surface area contributed by atoms with Gasteiger partial charge in [-0.1, -0.05) is 11.8 Å². The van der Waals surface area contributed by atoms with Crippen LogP contribution in [0.15, 0.2) is 11.2 Å². The molecule has 0 unspecified atom stereocenters. The van der Waals surface area contributed by atoms with Gasteiger partial charge in [0.1, 0.15) is 5.82 Å². The second-order valence-electron chi connectivity index (χ2n) is 5.12. The fourth-order valence-electron chi connectivity index (χ4n) is 2.01. The zero-order valence-corrected chi connectivity index (χ0v) is 12.6. The van der Waals surface area contributed by atoms with Gasteiger partial charge < -0.3 is 10.2 Å². The topological polar surface area (TPSA) is 58.1 Å². The standard InChI is InChI=1S/C13H20N4OS/c1-8(2)14-12(18)10-6-17(7-10)11-5-9(3)15-13(16-11)19-4/h5,8,10H,6-7H2,1-4H3,(H,14,18). The van der Waals surface area contributed by atoms with Crippen LogP contribution in [0.4, 0.5) is 5.82 Å². The quantitative estimate of drug-likeness (QED) is 0.668. The Morgan fingerprint density at radius 1 is 1.47 bits per heavy atom. The Hall–Kier alpha value is -1.30. The SMILES string of the molecule is CSc1nc(C)cc(N2CC(C(=O)NC(C)C)C2)n1. The summed E-state index contributed by atoms with van der Waals surface area (Å²) in [6.45, 7) is 7.40. The van der Waals surface area contributed by atoms with Crippen molar-refractivity contribution in [2.75, 3.05) is 24.2 Å². The monoisotopic (exact) mass is 280 g/mol. The highest BCUT2D eigenvalue weighted by Crippen LogP contribution is 2.25. The first-order valence-corrected chi connectivity index (χ1v) is 7.67. The van der Waals surface area contributed by atoms with Gasteiger partial charge in [0.2, 0.25) is 5.91 Å². The largest absolute Gasteiger partial charge is 0.355 e. The molecule has 0 saturated carbocycles. The molecule has 104 valence electrons. The van der Waals surface area contributed by atoms with Crippen LogP contribution in [-0.2, 0) is 4.79 Å². The van der Waals surface area contributed by atoms with E-state index in [1.807, 2.05) is 33.1 Å². The number of nitrogens with zero attached hydrogens (tertiary/aromatic N) is 3. The molecule has 2 heterocycles. The average molecular weight is 280 g/mol. The van der Waals surface area contributed by atoms with Crippen molar-refractivity contribution in [3.8, 4) is 0 Å². The van der Waals surface area contributed by atoms with Gasteiger partial charge in [-0.3, -0.25) is 4.79 Å². The van der Waals surface area contributed by atoms with Gasteiger partial charge in [0.05, 0.1) is 5.92 Å². The summed E-state index contributed by atoms with van der Waals surface area (Å²) in [7, 11) is 0. The molecule has 19 heavy (non-hydrogen) atoms. The number of carbonyl (C=O) groups excluding carboxylic acids is 1. The van der Waals surface area contributed by atoms with Crippen molar-refractivity contribution in [3.63, 3.8) is 0 Å². The number of anilines is 1. The molecular weight excluding hydrogens is 260 g/mol. The van der Waals surface area contributed by atoms with Gasteiger partial charge in [0, 0.05) is 30.9 Å². The summed E-state index contributed by atoms with van der Waals surface area (Å²) in [6.07, 6.45) is 1.97. The van der Waals surface area contributed by atoms with E-state index in [2.05, 4.69) is 20.2 Å². The summed E-state index contributed by atoms with van der Waals surface area (Å²) >= 11 is 1.54. The second-order valence-corrected chi connectivity index (χ2v) is 5.89. The van der Waals surface area contributed by atoms with E-state index in [1.165, 1.54) is 11.8 Å². The van der Waals surface area contributed by atoms with E-state index in [-0.39, 0.29) is 17.9 Å². The van der Waals surface area contributed by atoms with Gasteiger partial charge in [-0.2, -0.15) is 0 Å². The smallest absolute Gasteiger partial charge is 0.226 e. The predicted octanol–water partition coefficient (Wildman–Crippen LogP) is 1.47. The van der Waals surface area contributed by atoms with Crippen molar-refractivity contribution in [1.82, 2.24) is 15.3 Å². The number of aryl methyl sites for hydroxylation is 1. The van der Waals surface area contributed by atoms with Crippen molar-refractivity contribution in [3.05, 3.63) is 11.8 Å². The van der Waals surface area contributed by atoms with Gasteiger partial charge in [0.15, 0.2) is 5.16 Å². The lowest BCUT2D eigenvalue weighted by Crippen LogP contribution is -2.55. The van der Waals surface area contributed by atoms with Crippen molar-refractivity contribution in [2.45, 2.75) is 32.0 Å². The summed E-state index contributed by atoms with van der Waals surface area (Å²) in [4.78, 5) is 22.8. The van der Waals surface area contributed by atoms with Crippen LogP contribution in [0.2, 0.25) is 0 Å². The number of hydrogen-bond donors (Lipinski definition) is 1. The predicted molar refractivity (Wildman–Crippen MR) is 77.5 cm³/mol. The summed E-state index contributed by atoms with van der Waals surface area (Å²) in [6, 6.07) is 2.17. The molecule has 1 N–H and O–H groups in total. The molecule has 1 aliphatic heterocycles. The van der Waals surface area contributed by atoms with Crippen molar-refractivity contribution >= 4 is 23.5 Å². The van der Waals surface area contributed by atoms with Crippen LogP contribution in [0, 0.1) is 12.8 Å². The highest BCUT2D eigenvalue weighted by molar-refractivity contribution is 7.98. The normalized spacial score (nSPS) is 15.5. The molecule has 1 aromatic rings. The van der Waals surface area contributed by atoms with Crippen LogP contribution < -0.4 is 10.2 Å². The number of nitrogens with one attached hydrogen (secondary N) is 1. The van der Waals surface area contributed by atoms with Crippen LogP contribution in [0.1, 0.15) is 19.5 Å². The number of rotatable bonds is 4. The highest BCUT2D eigenvalue weighted by atomic mass is 32.2. The molecule has 0 radical (unpaired) electrons. The van der Waals surface area contributed by atoms with Crippen molar-refractivity contribution < 1.29 is 4.79 Å². The minimum atomic E-state index is 0.0791. The number of amides is 1. The maximum atomic E-state index is 11.8. The first kappa shape index (κ1) is 14.1. The number of thioether (sulfide) groups is 1. The van der Waals surface area contributed by atoms with Crippen LogP contribution in [0.3, 0.4) is 0 Å². The van der Waals surface area contributed by atoms with Gasteiger partial charge >= 0.3 is 0 Å². The molecule has 1 fully saturated rings. The molecule has 0 aliphatic carbocycles. The summed E-state index contributed by atoms with van der Waals surface area (Å²) in [5.74, 6) is 1.14. The zero-order valence-electron chi connectivity index (χ0n) is 11.8. The molecule has 6 heteroatoms. The third-order valence-corrected chi connectivity index (χ3v) is 3.56. The highest BCUT2D eigenvalue weighted by Gasteiger charge is 2.33. The van der Waals surface area contributed by atoms with E-state index in [0.717, 1.165) is 29.8 Å². The minimum absolute atomic E-state index is 0.0791. The molecule has 0 spiro atoms. The van der Waals surface area contributed by atoms with Crippen molar-refractivity contribution in [1.29, 1.82) is 0 Å². The second kappa shape index (κ2) is 5.77. The molecule has 1 aliphatic rings.